The van der Waals surface area contributed by atoms with Gasteiger partial charge in [0, 0.05) is 6.54 Å². The van der Waals surface area contributed by atoms with E-state index in [1.54, 1.807) is 18.2 Å². The second-order valence-electron chi connectivity index (χ2n) is 6.56. The second-order valence-corrected chi connectivity index (χ2v) is 6.56. The van der Waals surface area contributed by atoms with Crippen molar-refractivity contribution >= 4 is 5.91 Å². The Morgan fingerprint density at radius 2 is 1.58 bits per heavy atom. The van der Waals surface area contributed by atoms with Crippen molar-refractivity contribution in [3.05, 3.63) is 90.0 Å². The van der Waals surface area contributed by atoms with Crippen LogP contribution in [0, 0.1) is 5.92 Å². The molecule has 0 aliphatic heterocycles. The van der Waals surface area contributed by atoms with Crippen LogP contribution >= 0.6 is 0 Å². The molecule has 0 spiro atoms. The standard InChI is InChI=1S/C23H23NO2/c1-17(16-24-23(26)21-13-7-8-14-22(21)25)15-19-11-5-6-12-20(19)18-9-3-2-4-10-18/h2-14,17,25H,15-16H2,1H3,(H,24,26). The number of amides is 1. The predicted octanol–water partition coefficient (Wildman–Crippen LogP) is 4.67. The van der Waals surface area contributed by atoms with E-state index in [2.05, 4.69) is 48.6 Å². The summed E-state index contributed by atoms with van der Waals surface area (Å²) in [6.45, 7) is 2.67. The SMILES string of the molecule is CC(CNC(=O)c1ccccc1O)Cc1ccccc1-c1ccccc1. The summed E-state index contributed by atoms with van der Waals surface area (Å²) >= 11 is 0. The lowest BCUT2D eigenvalue weighted by molar-refractivity contribution is 0.0945. The number of phenols is 1. The molecule has 26 heavy (non-hydrogen) atoms. The fourth-order valence-electron chi connectivity index (χ4n) is 3.07. The van der Waals surface area contributed by atoms with E-state index in [4.69, 9.17) is 0 Å². The first-order valence-electron chi connectivity index (χ1n) is 8.84. The van der Waals surface area contributed by atoms with E-state index in [-0.39, 0.29) is 17.6 Å². The summed E-state index contributed by atoms with van der Waals surface area (Å²) in [7, 11) is 0. The van der Waals surface area contributed by atoms with Gasteiger partial charge in [-0.25, -0.2) is 0 Å². The van der Waals surface area contributed by atoms with Crippen LogP contribution in [0.4, 0.5) is 0 Å². The van der Waals surface area contributed by atoms with Crippen molar-refractivity contribution in [1.82, 2.24) is 5.32 Å². The van der Waals surface area contributed by atoms with Crippen LogP contribution in [0.15, 0.2) is 78.9 Å². The lowest BCUT2D eigenvalue weighted by Crippen LogP contribution is -2.29. The molecule has 1 unspecified atom stereocenters. The van der Waals surface area contributed by atoms with Crippen LogP contribution < -0.4 is 5.32 Å². The third-order valence-electron chi connectivity index (χ3n) is 4.43. The van der Waals surface area contributed by atoms with Gasteiger partial charge in [0.15, 0.2) is 0 Å². The van der Waals surface area contributed by atoms with E-state index in [1.165, 1.54) is 22.8 Å². The molecule has 0 radical (unpaired) electrons. The second kappa shape index (κ2) is 8.34. The summed E-state index contributed by atoms with van der Waals surface area (Å²) in [5, 5.41) is 12.7. The van der Waals surface area contributed by atoms with Gasteiger partial charge in [-0.2, -0.15) is 0 Å². The first kappa shape index (κ1) is 17.7. The Hall–Kier alpha value is -3.07. The number of hydrogen-bond acceptors (Lipinski definition) is 2. The summed E-state index contributed by atoms with van der Waals surface area (Å²) < 4.78 is 0. The molecule has 0 bridgehead atoms. The van der Waals surface area contributed by atoms with Crippen molar-refractivity contribution in [3.63, 3.8) is 0 Å². The number of phenolic OH excluding ortho intramolecular Hbond substituents is 1. The van der Waals surface area contributed by atoms with E-state index in [0.29, 0.717) is 12.1 Å². The number of carbonyl (C=O) groups excluding carboxylic acids is 1. The highest BCUT2D eigenvalue weighted by atomic mass is 16.3. The van der Waals surface area contributed by atoms with Crippen molar-refractivity contribution in [2.75, 3.05) is 6.54 Å². The molecule has 0 aliphatic carbocycles. The minimum absolute atomic E-state index is 0.00655. The molecule has 3 rings (SSSR count). The topological polar surface area (TPSA) is 49.3 Å². The maximum Gasteiger partial charge on any atom is 0.255 e. The fourth-order valence-corrected chi connectivity index (χ4v) is 3.07. The number of nitrogens with one attached hydrogen (secondary N) is 1. The molecule has 132 valence electrons. The van der Waals surface area contributed by atoms with Gasteiger partial charge in [0.1, 0.15) is 5.75 Å². The molecule has 1 amide bonds. The van der Waals surface area contributed by atoms with Crippen LogP contribution in [0.2, 0.25) is 0 Å². The van der Waals surface area contributed by atoms with Crippen LogP contribution in [-0.2, 0) is 6.42 Å². The lowest BCUT2D eigenvalue weighted by atomic mass is 9.93. The molecule has 3 nitrogen and oxygen atoms in total. The minimum Gasteiger partial charge on any atom is -0.507 e. The Bertz CT molecular complexity index is 874. The highest BCUT2D eigenvalue weighted by Crippen LogP contribution is 2.25. The van der Waals surface area contributed by atoms with Gasteiger partial charge >= 0.3 is 0 Å². The number of rotatable bonds is 6. The molecule has 3 aromatic rings. The average molecular weight is 345 g/mol. The monoisotopic (exact) mass is 345 g/mol. The maximum absolute atomic E-state index is 12.2. The number of aromatic hydroxyl groups is 1. The summed E-state index contributed by atoms with van der Waals surface area (Å²) in [6.07, 6.45) is 0.867. The van der Waals surface area contributed by atoms with Crippen molar-refractivity contribution in [2.24, 2.45) is 5.92 Å². The Labute approximate surface area is 154 Å². The maximum atomic E-state index is 12.2. The zero-order chi connectivity index (χ0) is 18.4. The number of hydrogen-bond donors (Lipinski definition) is 2. The van der Waals surface area contributed by atoms with E-state index in [1.807, 2.05) is 18.2 Å². The first-order valence-corrected chi connectivity index (χ1v) is 8.84. The zero-order valence-corrected chi connectivity index (χ0v) is 14.9. The Morgan fingerprint density at radius 3 is 2.35 bits per heavy atom. The van der Waals surface area contributed by atoms with Crippen LogP contribution in [0.5, 0.6) is 5.75 Å². The Balaban J connectivity index is 1.65. The highest BCUT2D eigenvalue weighted by Gasteiger charge is 2.13. The predicted molar refractivity (Wildman–Crippen MR) is 105 cm³/mol. The Kier molecular flexibility index (Phi) is 5.69. The molecular formula is C23H23NO2. The van der Waals surface area contributed by atoms with Crippen LogP contribution in [-0.4, -0.2) is 17.6 Å². The highest BCUT2D eigenvalue weighted by molar-refractivity contribution is 5.96. The minimum atomic E-state index is -0.244. The van der Waals surface area contributed by atoms with Gasteiger partial charge < -0.3 is 10.4 Å². The van der Waals surface area contributed by atoms with Crippen molar-refractivity contribution < 1.29 is 9.90 Å². The van der Waals surface area contributed by atoms with Gasteiger partial charge in [-0.15, -0.1) is 0 Å². The molecule has 2 N–H and O–H groups in total. The molecular weight excluding hydrogens is 322 g/mol. The average Bonchev–Trinajstić information content (AvgIpc) is 2.67. The molecule has 0 saturated carbocycles. The molecule has 1 atom stereocenters. The lowest BCUT2D eigenvalue weighted by Gasteiger charge is -2.16. The largest absolute Gasteiger partial charge is 0.507 e. The van der Waals surface area contributed by atoms with E-state index in [9.17, 15) is 9.90 Å². The number of para-hydroxylation sites is 1. The molecule has 0 aromatic heterocycles. The van der Waals surface area contributed by atoms with Crippen molar-refractivity contribution in [2.45, 2.75) is 13.3 Å². The number of benzene rings is 3. The zero-order valence-electron chi connectivity index (χ0n) is 14.9. The quantitative estimate of drug-likeness (QED) is 0.682. The molecule has 3 heteroatoms. The van der Waals surface area contributed by atoms with Gasteiger partial charge in [-0.1, -0.05) is 73.7 Å². The van der Waals surface area contributed by atoms with Gasteiger partial charge in [0.25, 0.3) is 5.91 Å². The van der Waals surface area contributed by atoms with E-state index < -0.39 is 0 Å². The third-order valence-corrected chi connectivity index (χ3v) is 4.43. The number of carbonyl (C=O) groups is 1. The normalized spacial score (nSPS) is 11.7. The smallest absolute Gasteiger partial charge is 0.255 e. The molecule has 0 heterocycles. The summed E-state index contributed by atoms with van der Waals surface area (Å²) in [5.74, 6) is 0.0352. The third kappa shape index (κ3) is 4.31. The summed E-state index contributed by atoms with van der Waals surface area (Å²) in [6, 6.07) is 25.3. The molecule has 0 aliphatic rings. The van der Waals surface area contributed by atoms with Gasteiger partial charge in [0.2, 0.25) is 0 Å². The van der Waals surface area contributed by atoms with Gasteiger partial charge in [-0.3, -0.25) is 4.79 Å². The van der Waals surface area contributed by atoms with Crippen LogP contribution in [0.25, 0.3) is 11.1 Å². The van der Waals surface area contributed by atoms with Crippen molar-refractivity contribution in [3.8, 4) is 16.9 Å². The summed E-state index contributed by atoms with van der Waals surface area (Å²) in [4.78, 5) is 12.2. The Morgan fingerprint density at radius 1 is 0.923 bits per heavy atom. The van der Waals surface area contributed by atoms with Crippen molar-refractivity contribution in [1.29, 1.82) is 0 Å². The first-order chi connectivity index (χ1) is 12.6. The van der Waals surface area contributed by atoms with Crippen LogP contribution in [0.3, 0.4) is 0 Å². The molecule has 0 saturated heterocycles. The van der Waals surface area contributed by atoms with E-state index in [0.717, 1.165) is 6.42 Å². The van der Waals surface area contributed by atoms with E-state index >= 15 is 0 Å². The fraction of sp³-hybridized carbons (Fsp3) is 0.174. The molecule has 0 fully saturated rings. The van der Waals surface area contributed by atoms with Gasteiger partial charge in [-0.05, 0) is 41.2 Å². The summed E-state index contributed by atoms with van der Waals surface area (Å²) in [5.41, 5.74) is 4.01. The van der Waals surface area contributed by atoms with Crippen LogP contribution in [0.1, 0.15) is 22.8 Å². The van der Waals surface area contributed by atoms with Gasteiger partial charge in [0.05, 0.1) is 5.56 Å². The molecule has 3 aromatic carbocycles.